The molecule has 0 saturated heterocycles. The molecule has 2 aromatic rings. The lowest BCUT2D eigenvalue weighted by Crippen LogP contribution is -1.95. The first-order valence-electron chi connectivity index (χ1n) is 5.69. The number of benzene rings is 2. The Morgan fingerprint density at radius 1 is 1.00 bits per heavy atom. The van der Waals surface area contributed by atoms with Crippen molar-refractivity contribution in [2.45, 2.75) is 20.5 Å². The smallest absolute Gasteiger partial charge is 0.133 e. The molecule has 1 N–H and O–H groups in total. The first-order valence-corrected chi connectivity index (χ1v) is 5.69. The second kappa shape index (κ2) is 4.86. The van der Waals surface area contributed by atoms with Crippen LogP contribution in [0.5, 0.6) is 0 Å². The third-order valence-electron chi connectivity index (χ3n) is 3.10. The van der Waals surface area contributed by atoms with E-state index in [9.17, 15) is 13.9 Å². The van der Waals surface area contributed by atoms with Crippen molar-refractivity contribution in [2.24, 2.45) is 0 Å². The maximum Gasteiger partial charge on any atom is 0.133 e. The molecule has 3 heteroatoms. The molecule has 94 valence electrons. The van der Waals surface area contributed by atoms with Crippen LogP contribution >= 0.6 is 0 Å². The lowest BCUT2D eigenvalue weighted by atomic mass is 9.96. The molecule has 0 aliphatic rings. The zero-order chi connectivity index (χ0) is 13.3. The molecule has 0 heterocycles. The minimum absolute atomic E-state index is 0.0379. The van der Waals surface area contributed by atoms with Gasteiger partial charge < -0.3 is 5.11 Å². The number of aryl methyl sites for hydroxylation is 2. The van der Waals surface area contributed by atoms with Gasteiger partial charge in [-0.05, 0) is 48.2 Å². The van der Waals surface area contributed by atoms with Gasteiger partial charge in [-0.25, -0.2) is 8.78 Å². The van der Waals surface area contributed by atoms with Crippen molar-refractivity contribution in [1.29, 1.82) is 0 Å². The number of aliphatic hydroxyl groups excluding tert-OH is 1. The van der Waals surface area contributed by atoms with E-state index < -0.39 is 11.6 Å². The summed E-state index contributed by atoms with van der Waals surface area (Å²) in [7, 11) is 0. The molecule has 0 saturated carbocycles. The van der Waals surface area contributed by atoms with E-state index in [1.54, 1.807) is 12.1 Å². The first-order chi connectivity index (χ1) is 8.52. The molecule has 0 bridgehead atoms. The van der Waals surface area contributed by atoms with Crippen LogP contribution in [-0.4, -0.2) is 5.11 Å². The second-order valence-electron chi connectivity index (χ2n) is 4.37. The molecule has 2 rings (SSSR count). The lowest BCUT2D eigenvalue weighted by molar-refractivity contribution is 0.280. The Kier molecular flexibility index (Phi) is 3.43. The van der Waals surface area contributed by atoms with Crippen LogP contribution in [0.25, 0.3) is 11.1 Å². The summed E-state index contributed by atoms with van der Waals surface area (Å²) in [5.41, 5.74) is 3.71. The molecule has 0 aliphatic carbocycles. The maximum atomic E-state index is 13.7. The van der Waals surface area contributed by atoms with Crippen molar-refractivity contribution < 1.29 is 13.9 Å². The standard InChI is InChI=1S/C15H14F2O/c1-9-5-11(6-10(2)14(9)8-18)13-4-3-12(16)7-15(13)17/h3-7,18H,8H2,1-2H3. The first kappa shape index (κ1) is 12.7. The monoisotopic (exact) mass is 248 g/mol. The number of aliphatic hydroxyl groups is 1. The summed E-state index contributed by atoms with van der Waals surface area (Å²) < 4.78 is 26.6. The summed E-state index contributed by atoms with van der Waals surface area (Å²) in [4.78, 5) is 0. The van der Waals surface area contributed by atoms with Crippen molar-refractivity contribution in [3.63, 3.8) is 0 Å². The van der Waals surface area contributed by atoms with Gasteiger partial charge in [-0.15, -0.1) is 0 Å². The highest BCUT2D eigenvalue weighted by molar-refractivity contribution is 5.66. The topological polar surface area (TPSA) is 20.2 Å². The van der Waals surface area contributed by atoms with Crippen LogP contribution in [0.3, 0.4) is 0 Å². The van der Waals surface area contributed by atoms with Gasteiger partial charge in [0.2, 0.25) is 0 Å². The fraction of sp³-hybridized carbons (Fsp3) is 0.200. The molecule has 0 atom stereocenters. The number of hydrogen-bond donors (Lipinski definition) is 1. The number of hydrogen-bond acceptors (Lipinski definition) is 1. The van der Waals surface area contributed by atoms with E-state index >= 15 is 0 Å². The average molecular weight is 248 g/mol. The van der Waals surface area contributed by atoms with Crippen LogP contribution in [0.2, 0.25) is 0 Å². The highest BCUT2D eigenvalue weighted by atomic mass is 19.1. The average Bonchev–Trinajstić information content (AvgIpc) is 2.28. The summed E-state index contributed by atoms with van der Waals surface area (Å²) in [5, 5.41) is 9.23. The van der Waals surface area contributed by atoms with E-state index in [-0.39, 0.29) is 6.61 Å². The Morgan fingerprint density at radius 2 is 1.61 bits per heavy atom. The SMILES string of the molecule is Cc1cc(-c2ccc(F)cc2F)cc(C)c1CO. The molecule has 18 heavy (non-hydrogen) atoms. The number of rotatable bonds is 2. The van der Waals surface area contributed by atoms with E-state index in [4.69, 9.17) is 0 Å². The van der Waals surface area contributed by atoms with Crippen molar-refractivity contribution in [1.82, 2.24) is 0 Å². The molecule has 0 aromatic heterocycles. The van der Waals surface area contributed by atoms with Crippen LogP contribution < -0.4 is 0 Å². The van der Waals surface area contributed by atoms with E-state index in [1.165, 1.54) is 12.1 Å². The van der Waals surface area contributed by atoms with Gasteiger partial charge in [0, 0.05) is 11.6 Å². The van der Waals surface area contributed by atoms with E-state index in [1.807, 2.05) is 13.8 Å². The zero-order valence-electron chi connectivity index (χ0n) is 10.3. The quantitative estimate of drug-likeness (QED) is 0.858. The van der Waals surface area contributed by atoms with Gasteiger partial charge in [0.1, 0.15) is 11.6 Å². The summed E-state index contributed by atoms with van der Waals surface area (Å²) in [6.07, 6.45) is 0. The van der Waals surface area contributed by atoms with Gasteiger partial charge in [0.25, 0.3) is 0 Å². The third kappa shape index (κ3) is 2.27. The molecular weight excluding hydrogens is 234 g/mol. The molecule has 0 fully saturated rings. The maximum absolute atomic E-state index is 13.7. The Balaban J connectivity index is 2.58. The minimum Gasteiger partial charge on any atom is -0.392 e. The van der Waals surface area contributed by atoms with Crippen LogP contribution in [-0.2, 0) is 6.61 Å². The van der Waals surface area contributed by atoms with Gasteiger partial charge in [0.15, 0.2) is 0 Å². The van der Waals surface area contributed by atoms with Crippen LogP contribution in [0.4, 0.5) is 8.78 Å². The molecule has 2 aromatic carbocycles. The Labute approximate surface area is 105 Å². The Morgan fingerprint density at radius 3 is 2.11 bits per heavy atom. The zero-order valence-corrected chi connectivity index (χ0v) is 10.3. The fourth-order valence-electron chi connectivity index (χ4n) is 2.12. The highest BCUT2D eigenvalue weighted by Gasteiger charge is 2.10. The van der Waals surface area contributed by atoms with Gasteiger partial charge in [0.05, 0.1) is 6.61 Å². The predicted octanol–water partition coefficient (Wildman–Crippen LogP) is 3.74. The van der Waals surface area contributed by atoms with Gasteiger partial charge in [-0.2, -0.15) is 0 Å². The molecule has 0 radical (unpaired) electrons. The molecule has 0 amide bonds. The molecular formula is C15H14F2O. The summed E-state index contributed by atoms with van der Waals surface area (Å²) in [6, 6.07) is 7.14. The third-order valence-corrected chi connectivity index (χ3v) is 3.10. The summed E-state index contributed by atoms with van der Waals surface area (Å²) >= 11 is 0. The molecule has 1 nitrogen and oxygen atoms in total. The van der Waals surface area contributed by atoms with E-state index in [0.717, 1.165) is 22.8 Å². The molecule has 0 spiro atoms. The van der Waals surface area contributed by atoms with Gasteiger partial charge in [-0.3, -0.25) is 0 Å². The van der Waals surface area contributed by atoms with Gasteiger partial charge >= 0.3 is 0 Å². The normalized spacial score (nSPS) is 10.7. The largest absolute Gasteiger partial charge is 0.392 e. The Bertz CT molecular complexity index is 568. The van der Waals surface area contributed by atoms with Crippen molar-refractivity contribution >= 4 is 0 Å². The lowest BCUT2D eigenvalue weighted by Gasteiger charge is -2.11. The highest BCUT2D eigenvalue weighted by Crippen LogP contribution is 2.27. The summed E-state index contributed by atoms with van der Waals surface area (Å²) in [6.45, 7) is 3.69. The van der Waals surface area contributed by atoms with Crippen molar-refractivity contribution in [3.05, 3.63) is 58.7 Å². The number of halogens is 2. The van der Waals surface area contributed by atoms with Crippen LogP contribution in [0, 0.1) is 25.5 Å². The predicted molar refractivity (Wildman–Crippen MR) is 67.2 cm³/mol. The van der Waals surface area contributed by atoms with E-state index in [2.05, 4.69) is 0 Å². The van der Waals surface area contributed by atoms with Crippen LogP contribution in [0.1, 0.15) is 16.7 Å². The minimum atomic E-state index is -0.586. The Hall–Kier alpha value is -1.74. The summed E-state index contributed by atoms with van der Waals surface area (Å²) in [5.74, 6) is -1.16. The molecule has 0 aliphatic heterocycles. The molecule has 0 unspecified atom stereocenters. The van der Waals surface area contributed by atoms with Crippen molar-refractivity contribution in [3.8, 4) is 11.1 Å². The van der Waals surface area contributed by atoms with E-state index in [0.29, 0.717) is 11.1 Å². The van der Waals surface area contributed by atoms with Gasteiger partial charge in [-0.1, -0.05) is 12.1 Å². The van der Waals surface area contributed by atoms with Crippen molar-refractivity contribution in [2.75, 3.05) is 0 Å². The second-order valence-corrected chi connectivity index (χ2v) is 4.37. The van der Waals surface area contributed by atoms with Crippen LogP contribution in [0.15, 0.2) is 30.3 Å². The fourth-order valence-corrected chi connectivity index (χ4v) is 2.12.